The summed E-state index contributed by atoms with van der Waals surface area (Å²) in [4.78, 5) is 12.0. The summed E-state index contributed by atoms with van der Waals surface area (Å²) in [5.74, 6) is 0.586. The van der Waals surface area contributed by atoms with E-state index in [-0.39, 0.29) is 12.5 Å². The van der Waals surface area contributed by atoms with E-state index in [1.54, 1.807) is 6.21 Å². The highest BCUT2D eigenvalue weighted by Gasteiger charge is 2.09. The highest BCUT2D eigenvalue weighted by molar-refractivity contribution is 14.1. The largest absolute Gasteiger partial charge is 0.487 e. The van der Waals surface area contributed by atoms with Crippen LogP contribution in [0.5, 0.6) is 5.75 Å². The number of hydrogen-bond donors (Lipinski definition) is 2. The minimum atomic E-state index is -0.230. The van der Waals surface area contributed by atoms with Crippen molar-refractivity contribution in [1.29, 1.82) is 0 Å². The van der Waals surface area contributed by atoms with Gasteiger partial charge in [0.15, 0.2) is 0 Å². The van der Waals surface area contributed by atoms with Gasteiger partial charge in [-0.2, -0.15) is 5.10 Å². The number of nitrogens with one attached hydrogen (secondary N) is 2. The number of carbonyl (C=O) groups is 1. The topological polar surface area (TPSA) is 62.7 Å². The standard InChI is InChI=1S/C22H17BrClI2N3O2/c23-16-3-7-18(8-4-16)27-12-21(30)29-28-11-15-9-19(25)22(20(26)10-15)31-13-14-1-5-17(24)6-2-14/h1-11,27H,12-13H2,(H,29,30)/b28-11-. The number of anilines is 1. The zero-order valence-corrected chi connectivity index (χ0v) is 22.7. The van der Waals surface area contributed by atoms with Gasteiger partial charge in [0.1, 0.15) is 12.4 Å². The first-order valence-corrected chi connectivity index (χ1v) is 12.4. The number of hydrogen-bond acceptors (Lipinski definition) is 4. The van der Waals surface area contributed by atoms with E-state index in [0.717, 1.165) is 34.2 Å². The molecule has 0 atom stereocenters. The molecule has 0 heterocycles. The minimum absolute atomic E-state index is 0.130. The molecule has 0 bridgehead atoms. The van der Waals surface area contributed by atoms with Gasteiger partial charge in [-0.3, -0.25) is 4.79 Å². The second-order valence-corrected chi connectivity index (χ2v) is 10.1. The van der Waals surface area contributed by atoms with E-state index < -0.39 is 0 Å². The zero-order valence-electron chi connectivity index (χ0n) is 16.0. The summed E-state index contributed by atoms with van der Waals surface area (Å²) in [7, 11) is 0. The average Bonchev–Trinajstić information content (AvgIpc) is 2.74. The van der Waals surface area contributed by atoms with E-state index in [4.69, 9.17) is 16.3 Å². The first-order chi connectivity index (χ1) is 14.9. The van der Waals surface area contributed by atoms with E-state index in [2.05, 4.69) is 77.0 Å². The number of benzene rings is 3. The van der Waals surface area contributed by atoms with E-state index >= 15 is 0 Å². The maximum Gasteiger partial charge on any atom is 0.259 e. The van der Waals surface area contributed by atoms with Crippen molar-refractivity contribution < 1.29 is 9.53 Å². The lowest BCUT2D eigenvalue weighted by Crippen LogP contribution is -2.25. The van der Waals surface area contributed by atoms with Crippen LogP contribution >= 0.6 is 72.7 Å². The van der Waals surface area contributed by atoms with Crippen LogP contribution in [-0.2, 0) is 11.4 Å². The molecule has 0 aliphatic carbocycles. The fourth-order valence-electron chi connectivity index (χ4n) is 2.50. The Morgan fingerprint density at radius 3 is 2.35 bits per heavy atom. The predicted octanol–water partition coefficient (Wildman–Crippen LogP) is 6.45. The predicted molar refractivity (Wildman–Crippen MR) is 146 cm³/mol. The molecule has 0 saturated carbocycles. The Kier molecular flexibility index (Phi) is 9.42. The summed E-state index contributed by atoms with van der Waals surface area (Å²) in [6.07, 6.45) is 1.62. The van der Waals surface area contributed by atoms with E-state index in [1.165, 1.54) is 0 Å². The first-order valence-electron chi connectivity index (χ1n) is 9.08. The number of nitrogens with zero attached hydrogens (tertiary/aromatic N) is 1. The Morgan fingerprint density at radius 1 is 1.06 bits per heavy atom. The van der Waals surface area contributed by atoms with Gasteiger partial charge in [-0.05, 0) is 105 Å². The summed E-state index contributed by atoms with van der Waals surface area (Å²) in [6.45, 7) is 0.587. The van der Waals surface area contributed by atoms with Gasteiger partial charge in [0.25, 0.3) is 5.91 Å². The molecule has 3 aromatic rings. The van der Waals surface area contributed by atoms with Crippen LogP contribution in [0.1, 0.15) is 11.1 Å². The van der Waals surface area contributed by atoms with Crippen LogP contribution in [-0.4, -0.2) is 18.7 Å². The molecule has 0 unspecified atom stereocenters. The molecular weight excluding hydrogens is 707 g/mol. The quantitative estimate of drug-likeness (QED) is 0.160. The fraction of sp³-hybridized carbons (Fsp3) is 0.0909. The molecular formula is C22H17BrClI2N3O2. The lowest BCUT2D eigenvalue weighted by molar-refractivity contribution is -0.119. The van der Waals surface area contributed by atoms with Crippen LogP contribution < -0.4 is 15.5 Å². The molecule has 0 saturated heterocycles. The molecule has 0 spiro atoms. The SMILES string of the molecule is O=C(CNc1ccc(Br)cc1)N/N=C\c1cc(I)c(OCc2ccc(Cl)cc2)c(I)c1. The Bertz CT molecular complexity index is 1050. The molecule has 31 heavy (non-hydrogen) atoms. The lowest BCUT2D eigenvalue weighted by atomic mass is 10.2. The van der Waals surface area contributed by atoms with Crippen LogP contribution in [0.4, 0.5) is 5.69 Å². The van der Waals surface area contributed by atoms with Gasteiger partial charge in [0.2, 0.25) is 0 Å². The van der Waals surface area contributed by atoms with Gasteiger partial charge in [-0.1, -0.05) is 39.7 Å². The summed E-state index contributed by atoms with van der Waals surface area (Å²) >= 11 is 13.8. The molecule has 0 radical (unpaired) electrons. The molecule has 3 aromatic carbocycles. The van der Waals surface area contributed by atoms with Crippen molar-refractivity contribution in [2.24, 2.45) is 5.10 Å². The van der Waals surface area contributed by atoms with Crippen LogP contribution in [0.15, 0.2) is 70.2 Å². The number of ether oxygens (including phenoxy) is 1. The van der Waals surface area contributed by atoms with Gasteiger partial charge < -0.3 is 10.1 Å². The Balaban J connectivity index is 1.52. The van der Waals surface area contributed by atoms with Crippen LogP contribution in [0.25, 0.3) is 0 Å². The molecule has 2 N–H and O–H groups in total. The second-order valence-electron chi connectivity index (χ2n) is 6.38. The summed E-state index contributed by atoms with van der Waals surface area (Å²) in [6, 6.07) is 19.1. The average molecular weight is 725 g/mol. The Hall–Kier alpha value is -1.37. The van der Waals surface area contributed by atoms with Crippen molar-refractivity contribution in [3.05, 3.63) is 88.4 Å². The first kappa shape index (κ1) is 24.3. The molecule has 1 amide bonds. The summed E-state index contributed by atoms with van der Waals surface area (Å²) in [5, 5.41) is 7.79. The van der Waals surface area contributed by atoms with Gasteiger partial charge in [-0.25, -0.2) is 5.43 Å². The monoisotopic (exact) mass is 723 g/mol. The number of rotatable bonds is 8. The van der Waals surface area contributed by atoms with Crippen LogP contribution in [0.2, 0.25) is 5.02 Å². The Morgan fingerprint density at radius 2 is 1.71 bits per heavy atom. The third-order valence-electron chi connectivity index (χ3n) is 4.02. The van der Waals surface area contributed by atoms with E-state index in [1.807, 2.05) is 60.7 Å². The van der Waals surface area contributed by atoms with Gasteiger partial charge in [0, 0.05) is 15.2 Å². The van der Waals surface area contributed by atoms with Crippen molar-refractivity contribution in [3.8, 4) is 5.75 Å². The smallest absolute Gasteiger partial charge is 0.259 e. The summed E-state index contributed by atoms with van der Waals surface area (Å²) in [5.41, 5.74) is 5.30. The molecule has 5 nitrogen and oxygen atoms in total. The number of amides is 1. The van der Waals surface area contributed by atoms with Crippen LogP contribution in [0, 0.1) is 7.14 Å². The lowest BCUT2D eigenvalue weighted by Gasteiger charge is -2.11. The van der Waals surface area contributed by atoms with Crippen molar-refractivity contribution >= 4 is 90.5 Å². The van der Waals surface area contributed by atoms with Crippen molar-refractivity contribution in [2.75, 3.05) is 11.9 Å². The number of halogens is 4. The van der Waals surface area contributed by atoms with E-state index in [9.17, 15) is 4.79 Å². The maximum absolute atomic E-state index is 12.0. The number of hydrazone groups is 1. The highest BCUT2D eigenvalue weighted by Crippen LogP contribution is 2.29. The zero-order chi connectivity index (χ0) is 22.2. The molecule has 0 aliphatic rings. The third-order valence-corrected chi connectivity index (χ3v) is 6.40. The fourth-order valence-corrected chi connectivity index (χ4v) is 5.01. The highest BCUT2D eigenvalue weighted by atomic mass is 127. The van der Waals surface area contributed by atoms with Gasteiger partial charge >= 0.3 is 0 Å². The molecule has 9 heteroatoms. The minimum Gasteiger partial charge on any atom is -0.487 e. The van der Waals surface area contributed by atoms with Gasteiger partial charge in [0.05, 0.1) is 19.9 Å². The molecule has 3 rings (SSSR count). The summed E-state index contributed by atoms with van der Waals surface area (Å²) < 4.78 is 8.90. The number of carbonyl (C=O) groups excluding carboxylic acids is 1. The van der Waals surface area contributed by atoms with Crippen molar-refractivity contribution in [3.63, 3.8) is 0 Å². The third kappa shape index (κ3) is 7.92. The molecule has 160 valence electrons. The van der Waals surface area contributed by atoms with Crippen molar-refractivity contribution in [1.82, 2.24) is 5.43 Å². The molecule has 0 fully saturated rings. The second kappa shape index (κ2) is 12.0. The molecule has 0 aromatic heterocycles. The molecule has 0 aliphatic heterocycles. The normalized spacial score (nSPS) is 10.8. The van der Waals surface area contributed by atoms with E-state index in [0.29, 0.717) is 11.6 Å². The van der Waals surface area contributed by atoms with Crippen molar-refractivity contribution in [2.45, 2.75) is 6.61 Å². The Labute approximate surface area is 221 Å². The van der Waals surface area contributed by atoms with Crippen LogP contribution in [0.3, 0.4) is 0 Å². The van der Waals surface area contributed by atoms with Gasteiger partial charge in [-0.15, -0.1) is 0 Å². The maximum atomic E-state index is 12.0.